The van der Waals surface area contributed by atoms with Gasteiger partial charge in [-0.25, -0.2) is 94.3 Å². The highest BCUT2D eigenvalue weighted by molar-refractivity contribution is 6.01. The van der Waals surface area contributed by atoms with Gasteiger partial charge < -0.3 is 122 Å². The molecule has 2 aliphatic rings. The molecule has 0 radical (unpaired) electrons. The Kier molecular flexibility index (Phi) is 44.3. The Bertz CT molecular complexity index is 5090. The van der Waals surface area contributed by atoms with Crippen LogP contribution in [0.5, 0.6) is 0 Å². The van der Waals surface area contributed by atoms with Crippen LogP contribution in [0.15, 0.2) is 114 Å². The summed E-state index contributed by atoms with van der Waals surface area (Å²) in [6.45, 7) is 34.7. The summed E-state index contributed by atoms with van der Waals surface area (Å²) in [5, 5.41) is 267. The minimum atomic E-state index is -1.90. The van der Waals surface area contributed by atoms with E-state index in [1.54, 1.807) is 47.6 Å². The van der Waals surface area contributed by atoms with E-state index in [4.69, 9.17) is 16.2 Å². The van der Waals surface area contributed by atoms with Crippen molar-refractivity contribution in [2.75, 3.05) is 26.2 Å². The molecule has 0 unspecified atom stereocenters. The zero-order chi connectivity index (χ0) is 108. The number of aliphatic hydroxyl groups excluding tert-OH is 22. The van der Waals surface area contributed by atoms with Crippen LogP contribution >= 0.6 is 0 Å². The molecular formula is C92H150FN23O24. The molecule has 11 atom stereocenters. The van der Waals surface area contributed by atoms with Crippen LogP contribution in [0, 0.1) is 39.8 Å². The second kappa shape index (κ2) is 51.2. The fraction of sp³-hybridized carbons (Fsp3) is 0.685. The molecule has 2 aliphatic heterocycles. The van der Waals surface area contributed by atoms with Crippen molar-refractivity contribution in [3.8, 4) is 0 Å². The molecule has 1 aromatic carbocycles. The van der Waals surface area contributed by atoms with Gasteiger partial charge in [0, 0.05) is 45.7 Å². The van der Waals surface area contributed by atoms with Crippen LogP contribution < -0.4 is 0 Å². The molecule has 47 nitrogen and oxygen atoms in total. The molecule has 25 N–H and O–H groups in total. The van der Waals surface area contributed by atoms with Crippen molar-refractivity contribution in [1.29, 1.82) is 16.2 Å². The van der Waals surface area contributed by atoms with Gasteiger partial charge in [0.15, 0.2) is 23.6 Å². The van der Waals surface area contributed by atoms with Crippen molar-refractivity contribution in [2.24, 2.45) is 108 Å². The Morgan fingerprint density at radius 2 is 0.757 bits per heavy atom. The van der Waals surface area contributed by atoms with Gasteiger partial charge in [-0.2, -0.15) is 0 Å². The molecular weight excluding hydrogens is 1830 g/mol. The number of rotatable bonds is 53. The van der Waals surface area contributed by atoms with Gasteiger partial charge in [0.1, 0.15) is 117 Å². The molecule has 784 valence electrons. The fourth-order valence-corrected chi connectivity index (χ4v) is 13.9. The molecule has 2 heterocycles. The Balaban J connectivity index is 1.92. The summed E-state index contributed by atoms with van der Waals surface area (Å²) in [7, 11) is 0. The van der Waals surface area contributed by atoms with E-state index in [0.29, 0.717) is 19.3 Å². The third-order valence-electron chi connectivity index (χ3n) is 22.2. The van der Waals surface area contributed by atoms with Crippen molar-refractivity contribution < 1.29 is 126 Å². The average molecular weight is 1980 g/mol. The zero-order valence-electron chi connectivity index (χ0n) is 84.7. The van der Waals surface area contributed by atoms with Crippen LogP contribution in [-0.4, -0.2) is 395 Å². The van der Waals surface area contributed by atoms with Crippen LogP contribution in [0.4, 0.5) is 4.39 Å². The maximum Gasteiger partial charge on any atom is 0.250 e. The number of carbonyl (C=O) groups excluding carboxylic acids is 2. The lowest BCUT2D eigenvalue weighted by molar-refractivity contribution is -0.136. The van der Waals surface area contributed by atoms with E-state index in [1.807, 2.05) is 0 Å². The minimum Gasteiger partial charge on any atom is -0.497 e. The standard InChI is InChI=1S/C92H150FN23O24/c1-46(2)42-58(72(128)110-92(24,25)84(140)115-40-28-32-59(115)73(129)105-65(47(3)4)75(131)113-90(20,21)82(138)114-89(18,19)80(136)104-56(35-38-62(95)120)70(126)103-55(34-37-61(94)119)69(125)100-53(45-117)43-52-30-26-27-31-54(52)93)101-64(122)44-97-77(133)85(10,11)112-76(132)66(48(5)6)106-81(137)88(16,17)109-71(127)57(36-39-63(96)121)102-67(123)49(7)98-78(134)86(12,13)108-68(124)50(8)99-79(135)87(14,15)111-74(130)60-33-29-41-116(60)83(139)91(22,23)107-51(9)118/h26-27,30-31,46-50,53,55-60,65-66,117H,28-29,32-45H2,1-25H3,(H2,94,119)(H2,95,120)(H2,96,121)(H,97,133)(H,98,134)(H,99,135)(H,100,125)(H,101,122)(H,102,123)(H,103,126)(H,104,136)(H,105,129)(H,106,137)(H,107,118)(H,108,124)(H,109,127)(H,110,128)(H,111,130)(H,112,132)(H,113,131)(H,114,138)/t49-,50-,53-,55-,56-,57-,58-,59-,60-,65-,66-/m0/s1. The molecule has 2 amide bonds. The van der Waals surface area contributed by atoms with Crippen molar-refractivity contribution in [3.63, 3.8) is 0 Å². The smallest absolute Gasteiger partial charge is 0.250 e. The first kappa shape index (κ1) is 121. The van der Waals surface area contributed by atoms with Gasteiger partial charge in [-0.3, -0.25) is 25.8 Å². The first-order valence-corrected chi connectivity index (χ1v) is 45.9. The van der Waals surface area contributed by atoms with Gasteiger partial charge in [-0.15, -0.1) is 0 Å². The molecule has 3 rings (SSSR count). The van der Waals surface area contributed by atoms with Gasteiger partial charge in [-0.05, 0) is 205 Å². The van der Waals surface area contributed by atoms with E-state index in [1.165, 1.54) is 160 Å². The predicted octanol–water partition coefficient (Wildman–Crippen LogP) is 13.5. The van der Waals surface area contributed by atoms with E-state index in [2.05, 4.69) is 89.9 Å². The number of nitrogens with zero attached hydrogens (tertiary/aromatic N) is 20. The lowest BCUT2D eigenvalue weighted by Gasteiger charge is -2.31. The first-order valence-electron chi connectivity index (χ1n) is 45.9. The molecule has 0 aliphatic carbocycles. The van der Waals surface area contributed by atoms with E-state index in [0.717, 1.165) is 0 Å². The number of hydrogen-bond acceptors (Lipinski definition) is 24. The Labute approximate surface area is 814 Å². The van der Waals surface area contributed by atoms with E-state index in [9.17, 15) is 126 Å². The van der Waals surface area contributed by atoms with Gasteiger partial charge >= 0.3 is 0 Å². The van der Waals surface area contributed by atoms with Crippen molar-refractivity contribution in [2.45, 2.75) is 361 Å². The number of nitrogens with one attached hydrogen (secondary N) is 3. The summed E-state index contributed by atoms with van der Waals surface area (Å²) in [5.74, 6) is -19.0. The van der Waals surface area contributed by atoms with Crippen LogP contribution in [0.1, 0.15) is 249 Å². The van der Waals surface area contributed by atoms with E-state index in [-0.39, 0.29) is 62.6 Å². The Morgan fingerprint density at radius 3 is 1.21 bits per heavy atom. The second-order valence-electron chi connectivity index (χ2n) is 39.7. The van der Waals surface area contributed by atoms with Crippen molar-refractivity contribution >= 4 is 136 Å². The van der Waals surface area contributed by atoms with Gasteiger partial charge in [0.2, 0.25) is 100 Å². The summed E-state index contributed by atoms with van der Waals surface area (Å²) >= 11 is 0. The number of hydrogen-bond donors (Lipinski definition) is 25. The normalized spacial score (nSPS) is 19.5. The van der Waals surface area contributed by atoms with Crippen LogP contribution in [0.2, 0.25) is 0 Å². The number of likely N-dealkylation sites (tertiary alicyclic amines) is 2. The third-order valence-corrected chi connectivity index (χ3v) is 22.2. The van der Waals surface area contributed by atoms with Crippen LogP contribution in [-0.2, 0) is 16.0 Å². The maximum absolute atomic E-state index is 14.6. The molecule has 0 bridgehead atoms. The molecule has 0 saturated carbocycles. The van der Waals surface area contributed by atoms with E-state index >= 15 is 0 Å². The minimum absolute atomic E-state index is 0.0394. The Hall–Kier alpha value is -13.1. The van der Waals surface area contributed by atoms with Crippen molar-refractivity contribution in [3.05, 3.63) is 35.6 Å². The largest absolute Gasteiger partial charge is 0.497 e. The number of carbonyl (C=O) groups is 2. The number of aliphatic imine (C=N–C) groups is 18. The van der Waals surface area contributed by atoms with Crippen molar-refractivity contribution in [1.82, 2.24) is 9.80 Å². The van der Waals surface area contributed by atoms with Crippen LogP contribution in [0.3, 0.4) is 0 Å². The predicted molar refractivity (Wildman–Crippen MR) is 544 cm³/mol. The second-order valence-corrected chi connectivity index (χ2v) is 39.7. The van der Waals surface area contributed by atoms with E-state index < -0.39 is 297 Å². The molecule has 48 heteroatoms. The maximum atomic E-state index is 14.6. The number of aliphatic hydroxyl groups is 22. The highest BCUT2D eigenvalue weighted by Crippen LogP contribution is 2.31. The number of halogens is 1. The fourth-order valence-electron chi connectivity index (χ4n) is 13.9. The molecule has 2 fully saturated rings. The zero-order valence-corrected chi connectivity index (χ0v) is 84.7. The highest BCUT2D eigenvalue weighted by Gasteiger charge is 2.45. The summed E-state index contributed by atoms with van der Waals surface area (Å²) in [6, 6.07) is -8.96. The van der Waals surface area contributed by atoms with Gasteiger partial charge in [0.05, 0.1) is 12.6 Å². The molecule has 0 spiro atoms. The first-order chi connectivity index (χ1) is 64.2. The SMILES string of the molecule is CC(O)=NC(C)(C)C(=O)N1CCC[C@H]1C(O)=NC(C)(C)C(O)=N[C@@H](C)C(O)=NC(C)(C)C(O)=N[C@@H](C)C(O)=N[C@@H](CCC(=N)O)C(O)=NC(C)(C)C(O)=N[C@H](C(O)=NC(C)(C)C(O)=NCC(O)=N[C@@H](CC(C)C)C(O)=NC(C)(C)C(=O)N1CCC[C@H]1C(O)=N[C@H](C(O)=NC(C)(C)C(O)=NC(C)(C)C(O)=N[C@@H](CCC(=N)O)C(O)=N[C@@H](CCC(=N)O)C(O)=N[C@H](CO)Cc1ccccc1F)C(C)C)C(C)C. The van der Waals surface area contributed by atoms with Crippen LogP contribution in [0.25, 0.3) is 0 Å². The number of benzene rings is 1. The molecule has 0 aromatic heterocycles. The van der Waals surface area contributed by atoms with Gasteiger partial charge in [-0.1, -0.05) is 59.7 Å². The molecule has 1 aromatic rings. The molecule has 2 saturated heterocycles. The lowest BCUT2D eigenvalue weighted by Crippen LogP contribution is -2.50. The monoisotopic (exact) mass is 1980 g/mol. The summed E-state index contributed by atoms with van der Waals surface area (Å²) in [5.41, 5.74) is -13.8. The number of amides is 2. The summed E-state index contributed by atoms with van der Waals surface area (Å²) in [6.07, 6.45) is -1.19. The summed E-state index contributed by atoms with van der Waals surface area (Å²) in [4.78, 5) is 106. The summed E-state index contributed by atoms with van der Waals surface area (Å²) < 4.78 is 14.5. The molecule has 140 heavy (non-hydrogen) atoms. The van der Waals surface area contributed by atoms with Gasteiger partial charge in [0.25, 0.3) is 11.8 Å². The topological polar surface area (TPSA) is 780 Å². The highest BCUT2D eigenvalue weighted by atomic mass is 19.1. The lowest BCUT2D eigenvalue weighted by atomic mass is 10.0. The Morgan fingerprint density at radius 1 is 0.393 bits per heavy atom. The quantitative estimate of drug-likeness (QED) is 0.0213. The average Bonchev–Trinajstić information content (AvgIpc) is 1.63. The third kappa shape index (κ3) is 36.9.